The van der Waals surface area contributed by atoms with E-state index in [4.69, 9.17) is 5.73 Å². The summed E-state index contributed by atoms with van der Waals surface area (Å²) in [6.45, 7) is 2.76. The van der Waals surface area contributed by atoms with Crippen LogP contribution in [0.1, 0.15) is 15.9 Å². The summed E-state index contributed by atoms with van der Waals surface area (Å²) in [5, 5.41) is 28.7. The zero-order chi connectivity index (χ0) is 16.8. The molecule has 1 saturated heterocycles. The molecule has 1 aliphatic rings. The Bertz CT molecular complexity index is 505. The molecule has 0 spiro atoms. The number of hydrogen-bond donors (Lipinski definition) is 4. The van der Waals surface area contributed by atoms with Crippen molar-refractivity contribution in [2.24, 2.45) is 5.73 Å². The fraction of sp³-hybridized carbons (Fsp3) is 0.562. The van der Waals surface area contributed by atoms with E-state index in [9.17, 15) is 20.1 Å². The molecule has 7 heteroatoms. The number of aliphatic hydroxyl groups excluding tert-OH is 3. The Morgan fingerprint density at radius 3 is 2.39 bits per heavy atom. The van der Waals surface area contributed by atoms with E-state index in [-0.39, 0.29) is 19.3 Å². The molecule has 1 aliphatic heterocycles. The van der Waals surface area contributed by atoms with E-state index in [1.807, 2.05) is 17.0 Å². The zero-order valence-electron chi connectivity index (χ0n) is 13.1. The van der Waals surface area contributed by atoms with Crippen molar-refractivity contribution < 1.29 is 20.1 Å². The van der Waals surface area contributed by atoms with Crippen molar-refractivity contribution >= 4 is 5.91 Å². The number of benzene rings is 1. The Morgan fingerprint density at radius 2 is 1.83 bits per heavy atom. The van der Waals surface area contributed by atoms with Gasteiger partial charge < -0.3 is 21.1 Å². The molecule has 1 heterocycles. The molecule has 1 amide bonds. The molecule has 2 rings (SSSR count). The van der Waals surface area contributed by atoms with E-state index in [2.05, 4.69) is 4.90 Å². The Balaban J connectivity index is 1.97. The second-order valence-electron chi connectivity index (χ2n) is 5.96. The van der Waals surface area contributed by atoms with Gasteiger partial charge in [-0.3, -0.25) is 14.6 Å². The van der Waals surface area contributed by atoms with Gasteiger partial charge in [0.25, 0.3) is 0 Å². The first kappa shape index (κ1) is 17.8. The zero-order valence-corrected chi connectivity index (χ0v) is 13.1. The number of nitrogens with zero attached hydrogens (tertiary/aromatic N) is 2. The first-order valence-corrected chi connectivity index (χ1v) is 7.78. The number of primary amides is 1. The summed E-state index contributed by atoms with van der Waals surface area (Å²) in [6, 6.07) is 6.79. The predicted octanol–water partition coefficient (Wildman–Crippen LogP) is -1.38. The molecule has 128 valence electrons. The molecule has 0 saturated carbocycles. The van der Waals surface area contributed by atoms with Gasteiger partial charge in [0.1, 0.15) is 0 Å². The summed E-state index contributed by atoms with van der Waals surface area (Å²) in [6.07, 6.45) is -0.539. The van der Waals surface area contributed by atoms with Crippen molar-refractivity contribution in [2.45, 2.75) is 18.7 Å². The maximum Gasteiger partial charge on any atom is 0.248 e. The molecule has 1 aromatic carbocycles. The van der Waals surface area contributed by atoms with E-state index in [1.54, 1.807) is 12.1 Å². The standard InChI is InChI=1S/C16H25N3O4/c17-16(23)13-3-1-12(2-4-13)7-18-5-6-19(9-15(22)8-18)14(10-20)11-21/h1-4,14-15,20-22H,5-11H2,(H2,17,23). The van der Waals surface area contributed by atoms with Crippen LogP contribution in [0.5, 0.6) is 0 Å². The predicted molar refractivity (Wildman–Crippen MR) is 85.8 cm³/mol. The SMILES string of the molecule is NC(=O)c1ccc(CN2CCN(C(CO)CO)CC(O)C2)cc1. The van der Waals surface area contributed by atoms with Crippen LogP contribution >= 0.6 is 0 Å². The van der Waals surface area contributed by atoms with Gasteiger partial charge in [-0.1, -0.05) is 12.1 Å². The highest BCUT2D eigenvalue weighted by Gasteiger charge is 2.25. The van der Waals surface area contributed by atoms with Crippen LogP contribution in [0.25, 0.3) is 0 Å². The minimum absolute atomic E-state index is 0.127. The number of amides is 1. The molecular formula is C16H25N3O4. The number of carbonyl (C=O) groups is 1. The third-order valence-electron chi connectivity index (χ3n) is 4.20. The summed E-state index contributed by atoms with van der Waals surface area (Å²) in [4.78, 5) is 15.1. The number of rotatable bonds is 6. The van der Waals surface area contributed by atoms with Gasteiger partial charge in [0, 0.05) is 38.3 Å². The first-order valence-electron chi connectivity index (χ1n) is 7.78. The van der Waals surface area contributed by atoms with Crippen molar-refractivity contribution in [1.82, 2.24) is 9.80 Å². The van der Waals surface area contributed by atoms with Crippen molar-refractivity contribution in [1.29, 1.82) is 0 Å². The van der Waals surface area contributed by atoms with Crippen LogP contribution in [0, 0.1) is 0 Å². The van der Waals surface area contributed by atoms with Crippen LogP contribution in [0.4, 0.5) is 0 Å². The highest BCUT2D eigenvalue weighted by molar-refractivity contribution is 5.92. The minimum Gasteiger partial charge on any atom is -0.395 e. The summed E-state index contributed by atoms with van der Waals surface area (Å²) in [5.41, 5.74) is 6.74. The molecule has 1 aromatic rings. The van der Waals surface area contributed by atoms with Gasteiger partial charge in [-0.05, 0) is 17.7 Å². The third kappa shape index (κ3) is 4.98. The number of nitrogens with two attached hydrogens (primary N) is 1. The van der Waals surface area contributed by atoms with E-state index in [0.717, 1.165) is 12.1 Å². The Morgan fingerprint density at radius 1 is 1.17 bits per heavy atom. The fourth-order valence-electron chi connectivity index (χ4n) is 2.88. The average Bonchev–Trinajstić information content (AvgIpc) is 2.71. The van der Waals surface area contributed by atoms with E-state index >= 15 is 0 Å². The number of hydrogen-bond acceptors (Lipinski definition) is 6. The lowest BCUT2D eigenvalue weighted by Crippen LogP contribution is -2.44. The summed E-state index contributed by atoms with van der Waals surface area (Å²) in [5.74, 6) is -0.448. The lowest BCUT2D eigenvalue weighted by Gasteiger charge is -2.28. The molecule has 0 aromatic heterocycles. The van der Waals surface area contributed by atoms with Crippen molar-refractivity contribution in [3.05, 3.63) is 35.4 Å². The summed E-state index contributed by atoms with van der Waals surface area (Å²) in [7, 11) is 0. The molecule has 5 N–H and O–H groups in total. The maximum atomic E-state index is 11.1. The molecule has 1 unspecified atom stereocenters. The second kappa shape index (κ2) is 8.37. The topological polar surface area (TPSA) is 110 Å². The molecule has 1 fully saturated rings. The van der Waals surface area contributed by atoms with Crippen molar-refractivity contribution in [2.75, 3.05) is 39.4 Å². The van der Waals surface area contributed by atoms with Crippen LogP contribution in [-0.2, 0) is 6.54 Å². The van der Waals surface area contributed by atoms with Crippen LogP contribution in [-0.4, -0.2) is 82.6 Å². The second-order valence-corrected chi connectivity index (χ2v) is 5.96. The first-order chi connectivity index (χ1) is 11.0. The molecule has 23 heavy (non-hydrogen) atoms. The number of β-amino-alcohol motifs (C(OH)–C–C–N with tert-alkyl or cyclic N) is 1. The number of aliphatic hydroxyl groups is 3. The normalized spacial score (nSPS) is 20.6. The quantitative estimate of drug-likeness (QED) is 0.513. The molecule has 0 aliphatic carbocycles. The highest BCUT2D eigenvalue weighted by Crippen LogP contribution is 2.12. The molecule has 0 radical (unpaired) electrons. The lowest BCUT2D eigenvalue weighted by molar-refractivity contribution is 0.0471. The molecule has 7 nitrogen and oxygen atoms in total. The van der Waals surface area contributed by atoms with Gasteiger partial charge in [0.2, 0.25) is 5.91 Å². The summed E-state index contributed by atoms with van der Waals surface area (Å²) >= 11 is 0. The Hall–Kier alpha value is -1.51. The van der Waals surface area contributed by atoms with E-state index < -0.39 is 12.0 Å². The summed E-state index contributed by atoms with van der Waals surface area (Å²) < 4.78 is 0. The fourth-order valence-corrected chi connectivity index (χ4v) is 2.88. The molecule has 1 atom stereocenters. The maximum absolute atomic E-state index is 11.1. The van der Waals surface area contributed by atoms with Crippen LogP contribution in [0.15, 0.2) is 24.3 Å². The largest absolute Gasteiger partial charge is 0.395 e. The van der Waals surface area contributed by atoms with Crippen LogP contribution in [0.2, 0.25) is 0 Å². The lowest BCUT2D eigenvalue weighted by atomic mass is 10.1. The van der Waals surface area contributed by atoms with Gasteiger partial charge in [0.15, 0.2) is 0 Å². The molecule has 0 bridgehead atoms. The van der Waals surface area contributed by atoms with Crippen LogP contribution in [0.3, 0.4) is 0 Å². The van der Waals surface area contributed by atoms with Gasteiger partial charge >= 0.3 is 0 Å². The van der Waals surface area contributed by atoms with Crippen molar-refractivity contribution in [3.8, 4) is 0 Å². The van der Waals surface area contributed by atoms with E-state index in [0.29, 0.717) is 31.7 Å². The smallest absolute Gasteiger partial charge is 0.248 e. The van der Waals surface area contributed by atoms with Gasteiger partial charge in [-0.15, -0.1) is 0 Å². The van der Waals surface area contributed by atoms with Gasteiger partial charge in [-0.2, -0.15) is 0 Å². The Labute approximate surface area is 135 Å². The average molecular weight is 323 g/mol. The van der Waals surface area contributed by atoms with Gasteiger partial charge in [0.05, 0.1) is 25.4 Å². The Kier molecular flexibility index (Phi) is 6.49. The third-order valence-corrected chi connectivity index (χ3v) is 4.20. The number of carbonyl (C=O) groups excluding carboxylic acids is 1. The van der Waals surface area contributed by atoms with Crippen LogP contribution < -0.4 is 5.73 Å². The minimum atomic E-state index is -0.539. The highest BCUT2D eigenvalue weighted by atomic mass is 16.3. The van der Waals surface area contributed by atoms with E-state index in [1.165, 1.54) is 0 Å². The van der Waals surface area contributed by atoms with Gasteiger partial charge in [-0.25, -0.2) is 0 Å². The van der Waals surface area contributed by atoms with Crippen molar-refractivity contribution in [3.63, 3.8) is 0 Å². The molecular weight excluding hydrogens is 298 g/mol. The monoisotopic (exact) mass is 323 g/mol.